The normalized spacial score (nSPS) is 32.7. The van der Waals surface area contributed by atoms with Gasteiger partial charge in [-0.3, -0.25) is 4.79 Å². The molecule has 2 aliphatic heterocycles. The fourth-order valence-electron chi connectivity index (χ4n) is 2.32. The van der Waals surface area contributed by atoms with Crippen LogP contribution in [-0.2, 0) is 9.53 Å². The van der Waals surface area contributed by atoms with Gasteiger partial charge in [0.25, 0.3) is 5.91 Å². The van der Waals surface area contributed by atoms with E-state index in [1.54, 1.807) is 0 Å². The molecule has 0 aromatic heterocycles. The van der Waals surface area contributed by atoms with Crippen molar-refractivity contribution in [1.29, 1.82) is 0 Å². The fourth-order valence-corrected chi connectivity index (χ4v) is 2.32. The van der Waals surface area contributed by atoms with E-state index in [4.69, 9.17) is 4.74 Å². The van der Waals surface area contributed by atoms with Crippen LogP contribution in [0.5, 0.6) is 0 Å². The molecule has 0 aromatic carbocycles. The van der Waals surface area contributed by atoms with Crippen molar-refractivity contribution in [2.75, 3.05) is 32.8 Å². The highest BCUT2D eigenvalue weighted by Gasteiger charge is 2.29. The van der Waals surface area contributed by atoms with Gasteiger partial charge >= 0.3 is 0 Å². The Balaban J connectivity index is 1.88. The Morgan fingerprint density at radius 3 is 3.07 bits per heavy atom. The molecule has 4 nitrogen and oxygen atoms in total. The number of piperidine rings is 1. The number of amides is 1. The highest BCUT2D eigenvalue weighted by atomic mass is 16.5. The summed E-state index contributed by atoms with van der Waals surface area (Å²) in [6.45, 7) is 6.20. The molecule has 2 saturated heterocycles. The molecular formula is C11H20N2O2. The zero-order valence-electron chi connectivity index (χ0n) is 9.37. The summed E-state index contributed by atoms with van der Waals surface area (Å²) in [5.41, 5.74) is 0. The molecule has 2 atom stereocenters. The smallest absolute Gasteiger partial charge is 0.253 e. The second-order valence-electron chi connectivity index (χ2n) is 4.60. The number of carbonyl (C=O) groups excluding carboxylic acids is 1. The zero-order chi connectivity index (χ0) is 10.7. The van der Waals surface area contributed by atoms with E-state index >= 15 is 0 Å². The Morgan fingerprint density at radius 2 is 2.40 bits per heavy atom. The number of rotatable bonds is 1. The summed E-state index contributed by atoms with van der Waals surface area (Å²) < 4.78 is 5.47. The van der Waals surface area contributed by atoms with Crippen molar-refractivity contribution in [3.05, 3.63) is 0 Å². The Labute approximate surface area is 91.0 Å². The summed E-state index contributed by atoms with van der Waals surface area (Å²) in [7, 11) is 0. The lowest BCUT2D eigenvalue weighted by molar-refractivity contribution is -0.146. The van der Waals surface area contributed by atoms with Crippen LogP contribution in [0.25, 0.3) is 0 Å². The molecule has 2 aliphatic rings. The molecule has 86 valence electrons. The molecule has 0 bridgehead atoms. The largest absolute Gasteiger partial charge is 0.366 e. The maximum Gasteiger partial charge on any atom is 0.253 e. The Bertz CT molecular complexity index is 227. The van der Waals surface area contributed by atoms with Crippen molar-refractivity contribution in [2.45, 2.75) is 25.9 Å². The SMILES string of the molecule is CC1CCCN(C(=O)[C@H]2CNCCO2)C1. The highest BCUT2D eigenvalue weighted by Crippen LogP contribution is 2.17. The van der Waals surface area contributed by atoms with Crippen LogP contribution >= 0.6 is 0 Å². The summed E-state index contributed by atoms with van der Waals surface area (Å²) >= 11 is 0. The molecule has 1 amide bonds. The third-order valence-electron chi connectivity index (χ3n) is 3.17. The van der Waals surface area contributed by atoms with Crippen molar-refractivity contribution in [3.63, 3.8) is 0 Å². The Hall–Kier alpha value is -0.610. The molecule has 0 aromatic rings. The van der Waals surface area contributed by atoms with Gasteiger partial charge in [0.2, 0.25) is 0 Å². The van der Waals surface area contributed by atoms with Crippen molar-refractivity contribution < 1.29 is 9.53 Å². The van der Waals surface area contributed by atoms with Gasteiger partial charge in [0.05, 0.1) is 6.61 Å². The van der Waals surface area contributed by atoms with E-state index in [1.165, 1.54) is 6.42 Å². The summed E-state index contributed by atoms with van der Waals surface area (Å²) in [6, 6.07) is 0. The molecule has 2 fully saturated rings. The van der Waals surface area contributed by atoms with Crippen LogP contribution in [0.1, 0.15) is 19.8 Å². The maximum absolute atomic E-state index is 12.1. The van der Waals surface area contributed by atoms with E-state index in [0.717, 1.165) is 26.1 Å². The Kier molecular flexibility index (Phi) is 3.59. The van der Waals surface area contributed by atoms with Crippen LogP contribution in [0.2, 0.25) is 0 Å². The van der Waals surface area contributed by atoms with Crippen LogP contribution < -0.4 is 5.32 Å². The predicted octanol–water partition coefficient (Wildman–Crippen LogP) is 0.233. The third-order valence-corrected chi connectivity index (χ3v) is 3.17. The van der Waals surface area contributed by atoms with Gasteiger partial charge in [-0.25, -0.2) is 0 Å². The second-order valence-corrected chi connectivity index (χ2v) is 4.60. The fraction of sp³-hybridized carbons (Fsp3) is 0.909. The first-order chi connectivity index (χ1) is 7.27. The molecule has 0 spiro atoms. The summed E-state index contributed by atoms with van der Waals surface area (Å²) in [5, 5.41) is 3.19. The number of nitrogens with one attached hydrogen (secondary N) is 1. The van der Waals surface area contributed by atoms with E-state index in [9.17, 15) is 4.79 Å². The van der Waals surface area contributed by atoms with Gasteiger partial charge in [-0.15, -0.1) is 0 Å². The number of likely N-dealkylation sites (tertiary alicyclic amines) is 1. The van der Waals surface area contributed by atoms with Gasteiger partial charge in [-0.05, 0) is 18.8 Å². The molecular weight excluding hydrogens is 192 g/mol. The lowest BCUT2D eigenvalue weighted by Crippen LogP contribution is -2.51. The summed E-state index contributed by atoms with van der Waals surface area (Å²) in [6.07, 6.45) is 2.13. The zero-order valence-corrected chi connectivity index (χ0v) is 9.37. The summed E-state index contributed by atoms with van der Waals surface area (Å²) in [5.74, 6) is 0.813. The van der Waals surface area contributed by atoms with Crippen LogP contribution in [0, 0.1) is 5.92 Å². The van der Waals surface area contributed by atoms with Crippen molar-refractivity contribution in [2.24, 2.45) is 5.92 Å². The van der Waals surface area contributed by atoms with Gasteiger partial charge in [-0.2, -0.15) is 0 Å². The first-order valence-corrected chi connectivity index (χ1v) is 5.88. The van der Waals surface area contributed by atoms with Crippen LogP contribution in [0.15, 0.2) is 0 Å². The van der Waals surface area contributed by atoms with E-state index in [0.29, 0.717) is 19.1 Å². The van der Waals surface area contributed by atoms with Crippen LogP contribution in [0.4, 0.5) is 0 Å². The number of ether oxygens (including phenoxy) is 1. The topological polar surface area (TPSA) is 41.6 Å². The minimum Gasteiger partial charge on any atom is -0.366 e. The van der Waals surface area contributed by atoms with E-state index in [1.807, 2.05) is 4.90 Å². The maximum atomic E-state index is 12.1. The molecule has 0 radical (unpaired) electrons. The molecule has 0 saturated carbocycles. The van der Waals surface area contributed by atoms with Gasteiger partial charge in [0.1, 0.15) is 6.10 Å². The van der Waals surface area contributed by atoms with E-state index in [-0.39, 0.29) is 12.0 Å². The summed E-state index contributed by atoms with van der Waals surface area (Å²) in [4.78, 5) is 14.0. The number of hydrogen-bond acceptors (Lipinski definition) is 3. The first kappa shape index (κ1) is 10.9. The lowest BCUT2D eigenvalue weighted by Gasteiger charge is -2.34. The molecule has 1 unspecified atom stereocenters. The van der Waals surface area contributed by atoms with Crippen molar-refractivity contribution in [1.82, 2.24) is 10.2 Å². The van der Waals surface area contributed by atoms with Crippen LogP contribution in [-0.4, -0.2) is 49.7 Å². The quantitative estimate of drug-likeness (QED) is 0.676. The van der Waals surface area contributed by atoms with E-state index < -0.39 is 0 Å². The molecule has 0 aliphatic carbocycles. The van der Waals surface area contributed by atoms with Gasteiger partial charge < -0.3 is 15.0 Å². The van der Waals surface area contributed by atoms with Gasteiger partial charge in [0.15, 0.2) is 0 Å². The van der Waals surface area contributed by atoms with Crippen molar-refractivity contribution >= 4 is 5.91 Å². The minimum atomic E-state index is -0.246. The lowest BCUT2D eigenvalue weighted by atomic mass is 10.00. The minimum absolute atomic E-state index is 0.175. The molecule has 2 rings (SSSR count). The molecule has 15 heavy (non-hydrogen) atoms. The van der Waals surface area contributed by atoms with Crippen LogP contribution in [0.3, 0.4) is 0 Å². The number of morpholine rings is 1. The average Bonchev–Trinajstić information content (AvgIpc) is 2.29. The van der Waals surface area contributed by atoms with Gasteiger partial charge in [0, 0.05) is 26.2 Å². The second kappa shape index (κ2) is 4.94. The van der Waals surface area contributed by atoms with Gasteiger partial charge in [-0.1, -0.05) is 6.92 Å². The number of hydrogen-bond donors (Lipinski definition) is 1. The molecule has 1 N–H and O–H groups in total. The Morgan fingerprint density at radius 1 is 1.53 bits per heavy atom. The first-order valence-electron chi connectivity index (χ1n) is 5.88. The van der Waals surface area contributed by atoms with E-state index in [2.05, 4.69) is 12.2 Å². The highest BCUT2D eigenvalue weighted by molar-refractivity contribution is 5.81. The number of carbonyl (C=O) groups is 1. The monoisotopic (exact) mass is 212 g/mol. The molecule has 2 heterocycles. The number of nitrogens with zero attached hydrogens (tertiary/aromatic N) is 1. The third kappa shape index (κ3) is 2.69. The molecule has 4 heteroatoms. The average molecular weight is 212 g/mol. The standard InChI is InChI=1S/C11H20N2O2/c1-9-3-2-5-13(8-9)11(14)10-7-12-4-6-15-10/h9-10,12H,2-8H2,1H3/t9?,10-/m1/s1. The predicted molar refractivity (Wildman–Crippen MR) is 57.6 cm³/mol. The van der Waals surface area contributed by atoms with Crippen molar-refractivity contribution in [3.8, 4) is 0 Å².